The van der Waals surface area contributed by atoms with Crippen molar-refractivity contribution in [1.82, 2.24) is 19.4 Å². The SMILES string of the molecule is Cc1cc(C(=O)CN2CCN(C(=O)Cc3c[nH]c4ccccc34)CC2)c(C)n1-c1ccc(F)cc1. The first-order valence-corrected chi connectivity index (χ1v) is 11.9. The molecule has 0 radical (unpaired) electrons. The van der Waals surface area contributed by atoms with E-state index in [4.69, 9.17) is 0 Å². The number of hydrogen-bond donors (Lipinski definition) is 1. The van der Waals surface area contributed by atoms with Crippen molar-refractivity contribution in [2.45, 2.75) is 20.3 Å². The molecular weight excluding hydrogens is 443 g/mol. The Morgan fingerprint density at radius 1 is 0.971 bits per heavy atom. The number of para-hydroxylation sites is 1. The van der Waals surface area contributed by atoms with Gasteiger partial charge in [0.25, 0.3) is 0 Å². The molecule has 3 heterocycles. The van der Waals surface area contributed by atoms with Crippen molar-refractivity contribution >= 4 is 22.6 Å². The lowest BCUT2D eigenvalue weighted by molar-refractivity contribution is -0.132. The van der Waals surface area contributed by atoms with Crippen LogP contribution in [0.2, 0.25) is 0 Å². The predicted molar refractivity (Wildman–Crippen MR) is 135 cm³/mol. The van der Waals surface area contributed by atoms with Crippen molar-refractivity contribution < 1.29 is 14.0 Å². The van der Waals surface area contributed by atoms with Gasteiger partial charge in [0.05, 0.1) is 13.0 Å². The van der Waals surface area contributed by atoms with Crippen molar-refractivity contribution in [2.75, 3.05) is 32.7 Å². The summed E-state index contributed by atoms with van der Waals surface area (Å²) in [4.78, 5) is 33.3. The van der Waals surface area contributed by atoms with E-state index in [1.807, 2.05) is 59.8 Å². The quantitative estimate of drug-likeness (QED) is 0.426. The van der Waals surface area contributed by atoms with Gasteiger partial charge in [-0.2, -0.15) is 0 Å². The lowest BCUT2D eigenvalue weighted by Gasteiger charge is -2.34. The van der Waals surface area contributed by atoms with E-state index in [9.17, 15) is 14.0 Å². The average Bonchev–Trinajstić information content (AvgIpc) is 3.40. The number of H-pyrrole nitrogens is 1. The summed E-state index contributed by atoms with van der Waals surface area (Å²) in [6, 6.07) is 16.2. The van der Waals surface area contributed by atoms with Gasteiger partial charge in [0.2, 0.25) is 5.91 Å². The van der Waals surface area contributed by atoms with E-state index in [-0.39, 0.29) is 17.5 Å². The van der Waals surface area contributed by atoms with Gasteiger partial charge < -0.3 is 14.5 Å². The molecule has 1 aliphatic heterocycles. The smallest absolute Gasteiger partial charge is 0.227 e. The Morgan fingerprint density at radius 3 is 2.43 bits per heavy atom. The van der Waals surface area contributed by atoms with Crippen LogP contribution in [0.5, 0.6) is 0 Å². The Labute approximate surface area is 204 Å². The Bertz CT molecular complexity index is 1380. The zero-order valence-corrected chi connectivity index (χ0v) is 20.1. The highest BCUT2D eigenvalue weighted by Crippen LogP contribution is 2.22. The molecule has 1 saturated heterocycles. The van der Waals surface area contributed by atoms with E-state index in [1.165, 1.54) is 12.1 Å². The number of fused-ring (bicyclic) bond motifs is 1. The molecule has 4 aromatic rings. The van der Waals surface area contributed by atoms with E-state index < -0.39 is 0 Å². The van der Waals surface area contributed by atoms with Gasteiger partial charge in [-0.15, -0.1) is 0 Å². The first-order chi connectivity index (χ1) is 16.9. The molecule has 6 nitrogen and oxygen atoms in total. The van der Waals surface area contributed by atoms with Crippen molar-refractivity contribution in [3.05, 3.63) is 89.1 Å². The summed E-state index contributed by atoms with van der Waals surface area (Å²) in [6.45, 7) is 6.75. The van der Waals surface area contributed by atoms with Gasteiger partial charge in [-0.1, -0.05) is 18.2 Å². The van der Waals surface area contributed by atoms with Gasteiger partial charge in [-0.05, 0) is 55.8 Å². The molecule has 0 bridgehead atoms. The van der Waals surface area contributed by atoms with Gasteiger partial charge in [-0.3, -0.25) is 14.5 Å². The number of carbonyl (C=O) groups is 2. The normalized spacial score (nSPS) is 14.5. The van der Waals surface area contributed by atoms with Gasteiger partial charge in [0, 0.05) is 65.9 Å². The van der Waals surface area contributed by atoms with Crippen LogP contribution in [0.3, 0.4) is 0 Å². The van der Waals surface area contributed by atoms with Gasteiger partial charge in [-0.25, -0.2) is 4.39 Å². The van der Waals surface area contributed by atoms with Crippen LogP contribution < -0.4 is 0 Å². The molecule has 0 spiro atoms. The number of halogens is 1. The third kappa shape index (κ3) is 4.64. The summed E-state index contributed by atoms with van der Waals surface area (Å²) in [5.74, 6) is -0.111. The summed E-state index contributed by atoms with van der Waals surface area (Å²) in [5, 5.41) is 1.09. The Morgan fingerprint density at radius 2 is 1.69 bits per heavy atom. The Hall–Kier alpha value is -3.71. The minimum Gasteiger partial charge on any atom is -0.361 e. The van der Waals surface area contributed by atoms with Crippen molar-refractivity contribution in [2.24, 2.45) is 0 Å². The highest BCUT2D eigenvalue weighted by atomic mass is 19.1. The topological polar surface area (TPSA) is 61.3 Å². The van der Waals surface area contributed by atoms with Crippen molar-refractivity contribution in [3.63, 3.8) is 0 Å². The van der Waals surface area contributed by atoms with Crippen LogP contribution in [-0.2, 0) is 11.2 Å². The minimum atomic E-state index is -0.286. The maximum atomic E-state index is 13.3. The highest BCUT2D eigenvalue weighted by molar-refractivity contribution is 5.99. The molecule has 1 fully saturated rings. The molecular formula is C28H29FN4O2. The van der Waals surface area contributed by atoms with Crippen LogP contribution in [0.25, 0.3) is 16.6 Å². The largest absolute Gasteiger partial charge is 0.361 e. The molecule has 0 atom stereocenters. The number of rotatable bonds is 6. The fourth-order valence-corrected chi connectivity index (χ4v) is 5.03. The van der Waals surface area contributed by atoms with Gasteiger partial charge in [0.1, 0.15) is 5.82 Å². The molecule has 5 rings (SSSR count). The average molecular weight is 473 g/mol. The molecule has 1 amide bonds. The first kappa shape index (κ1) is 23.1. The number of aromatic nitrogens is 2. The molecule has 35 heavy (non-hydrogen) atoms. The van der Waals surface area contributed by atoms with E-state index in [1.54, 1.807) is 12.1 Å². The fourth-order valence-electron chi connectivity index (χ4n) is 5.03. The van der Waals surface area contributed by atoms with Crippen molar-refractivity contribution in [1.29, 1.82) is 0 Å². The number of piperazine rings is 1. The summed E-state index contributed by atoms with van der Waals surface area (Å²) in [6.07, 6.45) is 2.29. The Kier molecular flexibility index (Phi) is 6.26. The van der Waals surface area contributed by atoms with Gasteiger partial charge >= 0.3 is 0 Å². The zero-order chi connectivity index (χ0) is 24.5. The van der Waals surface area contributed by atoms with E-state index in [0.29, 0.717) is 44.7 Å². The van der Waals surface area contributed by atoms with Crippen LogP contribution in [0.15, 0.2) is 60.8 Å². The monoisotopic (exact) mass is 472 g/mol. The summed E-state index contributed by atoms with van der Waals surface area (Å²) < 4.78 is 15.3. The second-order valence-corrected chi connectivity index (χ2v) is 9.21. The van der Waals surface area contributed by atoms with E-state index >= 15 is 0 Å². The standard InChI is InChI=1S/C28H29FN4O2/c1-19-15-25(20(2)33(19)23-9-7-22(29)8-10-23)27(34)18-31-11-13-32(14-12-31)28(35)16-21-17-30-26-6-4-3-5-24(21)26/h3-10,15,17,30H,11-14,16,18H2,1-2H3. The number of carbonyl (C=O) groups excluding carboxylic acids is 2. The molecule has 0 aliphatic carbocycles. The molecule has 180 valence electrons. The second kappa shape index (κ2) is 9.50. The van der Waals surface area contributed by atoms with Crippen LogP contribution in [0.1, 0.15) is 27.3 Å². The van der Waals surface area contributed by atoms with Crippen LogP contribution in [0.4, 0.5) is 4.39 Å². The number of nitrogens with one attached hydrogen (secondary N) is 1. The molecule has 1 aliphatic rings. The molecule has 2 aromatic heterocycles. The number of nitrogens with zero attached hydrogens (tertiary/aromatic N) is 3. The number of aryl methyl sites for hydroxylation is 1. The first-order valence-electron chi connectivity index (χ1n) is 11.9. The maximum absolute atomic E-state index is 13.3. The minimum absolute atomic E-state index is 0.0602. The molecule has 2 aromatic carbocycles. The number of hydrogen-bond acceptors (Lipinski definition) is 3. The Balaban J connectivity index is 1.19. The number of benzene rings is 2. The van der Waals surface area contributed by atoms with Gasteiger partial charge in [0.15, 0.2) is 5.78 Å². The maximum Gasteiger partial charge on any atom is 0.227 e. The summed E-state index contributed by atoms with van der Waals surface area (Å²) >= 11 is 0. The fraction of sp³-hybridized carbons (Fsp3) is 0.286. The number of Topliss-reactive ketones (excluding diaryl/α,β-unsaturated/α-hetero) is 1. The zero-order valence-electron chi connectivity index (χ0n) is 20.1. The third-order valence-electron chi connectivity index (χ3n) is 6.93. The molecule has 0 saturated carbocycles. The highest BCUT2D eigenvalue weighted by Gasteiger charge is 2.25. The van der Waals surface area contributed by atoms with E-state index in [2.05, 4.69) is 9.88 Å². The third-order valence-corrected chi connectivity index (χ3v) is 6.93. The molecule has 1 N–H and O–H groups in total. The van der Waals surface area contributed by atoms with Crippen LogP contribution in [-0.4, -0.2) is 63.8 Å². The predicted octanol–water partition coefficient (Wildman–Crippen LogP) is 4.28. The lowest BCUT2D eigenvalue weighted by Crippen LogP contribution is -2.50. The van der Waals surface area contributed by atoms with E-state index in [0.717, 1.165) is 33.5 Å². The number of ketones is 1. The van der Waals surface area contributed by atoms with Crippen LogP contribution >= 0.6 is 0 Å². The summed E-state index contributed by atoms with van der Waals surface area (Å²) in [7, 11) is 0. The van der Waals surface area contributed by atoms with Crippen LogP contribution in [0, 0.1) is 19.7 Å². The van der Waals surface area contributed by atoms with Crippen molar-refractivity contribution in [3.8, 4) is 5.69 Å². The molecule has 0 unspecified atom stereocenters. The number of aromatic amines is 1. The number of amides is 1. The lowest BCUT2D eigenvalue weighted by atomic mass is 10.1. The molecule has 7 heteroatoms. The second-order valence-electron chi connectivity index (χ2n) is 9.21. The summed E-state index contributed by atoms with van der Waals surface area (Å²) in [5.41, 5.74) is 5.36.